The van der Waals surface area contributed by atoms with Crippen LogP contribution in [-0.4, -0.2) is 29.5 Å². The van der Waals surface area contributed by atoms with Crippen molar-refractivity contribution < 1.29 is 0 Å². The second-order valence-electron chi connectivity index (χ2n) is 9.28. The van der Waals surface area contributed by atoms with E-state index in [2.05, 4.69) is 46.8 Å². The van der Waals surface area contributed by atoms with Gasteiger partial charge in [-0.25, -0.2) is 9.67 Å². The predicted octanol–water partition coefficient (Wildman–Crippen LogP) is 5.73. The van der Waals surface area contributed by atoms with Gasteiger partial charge in [0, 0.05) is 30.7 Å². The minimum Gasteiger partial charge on any atom is -0.271 e. The zero-order chi connectivity index (χ0) is 21.4. The highest BCUT2D eigenvalue weighted by Gasteiger charge is 2.30. The number of benzene rings is 1. The Hall–Kier alpha value is -2.73. The maximum atomic E-state index is 6.03. The molecule has 1 fully saturated rings. The number of hydrogen-bond donors (Lipinski definition) is 0. The lowest BCUT2D eigenvalue weighted by molar-refractivity contribution is 0.183. The van der Waals surface area contributed by atoms with Gasteiger partial charge in [-0.15, -0.1) is 5.10 Å². The summed E-state index contributed by atoms with van der Waals surface area (Å²) in [5.41, 5.74) is 1.23. The summed E-state index contributed by atoms with van der Waals surface area (Å²) in [4.78, 5) is 9.58. The van der Waals surface area contributed by atoms with E-state index in [4.69, 9.17) is 21.7 Å². The van der Waals surface area contributed by atoms with Crippen LogP contribution < -0.4 is 0 Å². The fourth-order valence-electron chi connectivity index (χ4n) is 4.44. The van der Waals surface area contributed by atoms with Crippen molar-refractivity contribution in [2.45, 2.75) is 58.5 Å². The second kappa shape index (κ2) is 8.08. The summed E-state index contributed by atoms with van der Waals surface area (Å²) >= 11 is 6.03. The molecule has 0 bridgehead atoms. The Balaban J connectivity index is 1.47. The Morgan fingerprint density at radius 3 is 2.61 bits per heavy atom. The maximum absolute atomic E-state index is 6.03. The molecule has 1 aliphatic carbocycles. The molecule has 31 heavy (non-hydrogen) atoms. The van der Waals surface area contributed by atoms with Crippen LogP contribution >= 0.6 is 11.6 Å². The fraction of sp³-hybridized carbons (Fsp3) is 0.417. The van der Waals surface area contributed by atoms with E-state index in [0.717, 1.165) is 41.6 Å². The molecule has 0 N–H and O–H groups in total. The molecule has 0 spiro atoms. The Bertz CT molecular complexity index is 1200. The quantitative estimate of drug-likeness (QED) is 0.402. The predicted molar refractivity (Wildman–Crippen MR) is 123 cm³/mol. The number of hydrogen-bond acceptors (Lipinski definition) is 4. The van der Waals surface area contributed by atoms with Crippen molar-refractivity contribution in [3.8, 4) is 11.5 Å². The summed E-state index contributed by atoms with van der Waals surface area (Å²) < 4.78 is 4.02. The van der Waals surface area contributed by atoms with Gasteiger partial charge in [-0.05, 0) is 42.6 Å². The van der Waals surface area contributed by atoms with Crippen molar-refractivity contribution in [1.82, 2.24) is 29.5 Å². The van der Waals surface area contributed by atoms with Gasteiger partial charge in [0.2, 0.25) is 0 Å². The van der Waals surface area contributed by atoms with Gasteiger partial charge in [-0.3, -0.25) is 9.67 Å². The van der Waals surface area contributed by atoms with Gasteiger partial charge in [0.25, 0.3) is 0 Å². The monoisotopic (exact) mass is 434 g/mol. The van der Waals surface area contributed by atoms with Gasteiger partial charge in [0.1, 0.15) is 11.5 Å². The van der Waals surface area contributed by atoms with E-state index in [1.807, 2.05) is 29.2 Å². The lowest BCUT2D eigenvalue weighted by Gasteiger charge is -2.34. The highest BCUT2D eigenvalue weighted by Crippen LogP contribution is 2.40. The molecule has 160 valence electrons. The van der Waals surface area contributed by atoms with Crippen molar-refractivity contribution in [2.75, 3.05) is 0 Å². The first-order valence-corrected chi connectivity index (χ1v) is 11.3. The second-order valence-corrected chi connectivity index (χ2v) is 9.72. The zero-order valence-corrected chi connectivity index (χ0v) is 18.8. The van der Waals surface area contributed by atoms with Crippen molar-refractivity contribution in [3.63, 3.8) is 0 Å². The van der Waals surface area contributed by atoms with Crippen LogP contribution in [0.4, 0.5) is 0 Å². The molecule has 7 heteroatoms. The number of halogens is 1. The topological polar surface area (TPSA) is 61.4 Å². The van der Waals surface area contributed by atoms with Gasteiger partial charge in [-0.1, -0.05) is 49.7 Å². The molecule has 1 aliphatic rings. The van der Waals surface area contributed by atoms with Crippen molar-refractivity contribution in [3.05, 3.63) is 59.8 Å². The molecule has 0 aliphatic heterocycles. The molecule has 0 radical (unpaired) electrons. The van der Waals surface area contributed by atoms with Crippen LogP contribution in [0.15, 0.2) is 48.9 Å². The van der Waals surface area contributed by atoms with E-state index in [0.29, 0.717) is 28.8 Å². The van der Waals surface area contributed by atoms with Crippen LogP contribution in [0.25, 0.3) is 22.3 Å². The molecule has 1 saturated carbocycles. The van der Waals surface area contributed by atoms with E-state index >= 15 is 0 Å². The van der Waals surface area contributed by atoms with Crippen LogP contribution in [0.2, 0.25) is 5.02 Å². The molecule has 0 atom stereocenters. The zero-order valence-electron chi connectivity index (χ0n) is 18.0. The highest BCUT2D eigenvalue weighted by molar-refractivity contribution is 6.30. The number of fused-ring (bicyclic) bond motifs is 1. The van der Waals surface area contributed by atoms with Crippen LogP contribution in [0.5, 0.6) is 0 Å². The van der Waals surface area contributed by atoms with Gasteiger partial charge < -0.3 is 0 Å². The van der Waals surface area contributed by atoms with Crippen molar-refractivity contribution >= 4 is 22.4 Å². The maximum Gasteiger partial charge on any atom is 0.200 e. The van der Waals surface area contributed by atoms with Gasteiger partial charge in [-0.2, -0.15) is 5.10 Å². The first kappa shape index (κ1) is 20.2. The van der Waals surface area contributed by atoms with Gasteiger partial charge in [0.15, 0.2) is 5.82 Å². The summed E-state index contributed by atoms with van der Waals surface area (Å²) in [7, 11) is 0. The minimum atomic E-state index is 0.381. The molecule has 0 saturated heterocycles. The third kappa shape index (κ3) is 4.35. The molecule has 0 unspecified atom stereocenters. The summed E-state index contributed by atoms with van der Waals surface area (Å²) in [5, 5.41) is 12.2. The molecule has 3 heterocycles. The molecule has 0 amide bonds. The third-order valence-corrected chi connectivity index (χ3v) is 6.58. The van der Waals surface area contributed by atoms with E-state index < -0.39 is 0 Å². The lowest BCUT2D eigenvalue weighted by Crippen LogP contribution is -2.25. The third-order valence-electron chi connectivity index (χ3n) is 6.38. The largest absolute Gasteiger partial charge is 0.271 e. The van der Waals surface area contributed by atoms with Crippen LogP contribution in [-0.2, 0) is 13.0 Å². The Kier molecular flexibility index (Phi) is 5.26. The first-order chi connectivity index (χ1) is 15.0. The fourth-order valence-corrected chi connectivity index (χ4v) is 4.59. The number of pyridine rings is 1. The molecule has 1 aromatic carbocycles. The number of aryl methyl sites for hydroxylation is 2. The number of rotatable bonds is 5. The molecule has 5 rings (SSSR count). The van der Waals surface area contributed by atoms with E-state index in [-0.39, 0.29) is 0 Å². The Morgan fingerprint density at radius 1 is 1.10 bits per heavy atom. The van der Waals surface area contributed by atoms with E-state index in [1.54, 1.807) is 6.20 Å². The van der Waals surface area contributed by atoms with Crippen LogP contribution in [0.3, 0.4) is 0 Å². The summed E-state index contributed by atoms with van der Waals surface area (Å²) in [6.07, 6.45) is 10.8. The minimum absolute atomic E-state index is 0.381. The number of nitrogens with zero attached hydrogens (tertiary/aromatic N) is 6. The number of aromatic nitrogens is 6. The average molecular weight is 435 g/mol. The molecule has 3 aromatic heterocycles. The summed E-state index contributed by atoms with van der Waals surface area (Å²) in [5.74, 6) is 1.69. The van der Waals surface area contributed by atoms with Gasteiger partial charge >= 0.3 is 0 Å². The first-order valence-electron chi connectivity index (χ1n) is 11.0. The molecular weight excluding hydrogens is 408 g/mol. The average Bonchev–Trinajstić information content (AvgIpc) is 3.38. The molecule has 4 aromatic rings. The van der Waals surface area contributed by atoms with Crippen LogP contribution in [0, 0.1) is 5.41 Å². The molecule has 6 nitrogen and oxygen atoms in total. The van der Waals surface area contributed by atoms with E-state index in [9.17, 15) is 0 Å². The Morgan fingerprint density at radius 2 is 1.87 bits per heavy atom. The highest BCUT2D eigenvalue weighted by atomic mass is 35.5. The standard InChI is InChI=1S/C24H27ClN6/c1-24(2)10-7-20(8-11-24)31-22(9-12-30-16-19(25)15-27-30)28-23(29-31)21-13-17-5-3-4-6-18(17)14-26-21/h3-6,13-16,20H,7-12H2,1-2H3. The van der Waals surface area contributed by atoms with E-state index in [1.165, 1.54) is 12.8 Å². The normalized spacial score (nSPS) is 16.7. The summed E-state index contributed by atoms with van der Waals surface area (Å²) in [6.45, 7) is 5.43. The van der Waals surface area contributed by atoms with Crippen LogP contribution in [0.1, 0.15) is 51.4 Å². The SMILES string of the molecule is CC1(C)CCC(n2nc(-c3cc4ccccc4cn3)nc2CCn2cc(Cl)cn2)CC1. The van der Waals surface area contributed by atoms with Crippen molar-refractivity contribution in [1.29, 1.82) is 0 Å². The Labute approximate surface area is 187 Å². The smallest absolute Gasteiger partial charge is 0.200 e. The lowest BCUT2D eigenvalue weighted by atomic mass is 9.75. The van der Waals surface area contributed by atoms with Crippen molar-refractivity contribution in [2.24, 2.45) is 5.41 Å². The van der Waals surface area contributed by atoms with Gasteiger partial charge in [0.05, 0.1) is 17.3 Å². The summed E-state index contributed by atoms with van der Waals surface area (Å²) in [6, 6.07) is 10.7. The molecular formula is C24H27ClN6.